The molecule has 3 aromatic rings. The average Bonchev–Trinajstić information content (AvgIpc) is 3.24. The van der Waals surface area contributed by atoms with Crippen LogP contribution in [-0.4, -0.2) is 42.9 Å². The van der Waals surface area contributed by atoms with Crippen LogP contribution in [-0.2, 0) is 20.8 Å². The molecule has 0 bridgehead atoms. The molecule has 0 heterocycles. The van der Waals surface area contributed by atoms with Crippen molar-refractivity contribution in [2.24, 2.45) is 0 Å². The third-order valence-corrected chi connectivity index (χ3v) is 7.24. The van der Waals surface area contributed by atoms with Crippen molar-refractivity contribution in [3.63, 3.8) is 0 Å². The lowest BCUT2D eigenvalue weighted by molar-refractivity contribution is -0.123. The normalized spacial score (nSPS) is 13.0. The summed E-state index contributed by atoms with van der Waals surface area (Å²) in [5.74, 6) is -0.516. The number of carbonyl (C=O) groups is 3. The van der Waals surface area contributed by atoms with Gasteiger partial charge in [-0.25, -0.2) is 9.59 Å². The predicted octanol–water partition coefficient (Wildman–Crippen LogP) is 6.43. The number of ether oxygens (including phenoxy) is 2. The van der Waals surface area contributed by atoms with Crippen LogP contribution in [0.3, 0.4) is 0 Å². The lowest BCUT2D eigenvalue weighted by Gasteiger charge is -2.23. The van der Waals surface area contributed by atoms with Crippen LogP contribution >= 0.6 is 23.2 Å². The lowest BCUT2D eigenvalue weighted by atomic mass is 9.98. The molecule has 10 heteroatoms. The summed E-state index contributed by atoms with van der Waals surface area (Å²) in [6.45, 7) is 5.60. The molecule has 0 aliphatic heterocycles. The van der Waals surface area contributed by atoms with Gasteiger partial charge in [0.1, 0.15) is 18.2 Å². The van der Waals surface area contributed by atoms with Crippen LogP contribution in [0, 0.1) is 0 Å². The highest BCUT2D eigenvalue weighted by Gasteiger charge is 2.29. The molecule has 1 aliphatic carbocycles. The first-order chi connectivity index (χ1) is 19.5. The van der Waals surface area contributed by atoms with E-state index in [2.05, 4.69) is 28.1 Å². The Labute approximate surface area is 249 Å². The number of carbonyl (C=O) groups excluding carboxylic acids is 3. The summed E-state index contributed by atoms with van der Waals surface area (Å²) >= 11 is 12.0. The number of hydrogen-bond acceptors (Lipinski definition) is 5. The molecule has 8 nitrogen and oxygen atoms in total. The number of rotatable bonds is 9. The SMILES string of the molecule is CC(C)(C)OC(=O)N[C@H](CCNC(=O)OCC1c2ccccc2-c2ccccc21)C(=O)NCc1ccc(Cl)c(Cl)c1. The molecule has 0 unspecified atom stereocenters. The maximum atomic E-state index is 13.0. The Kier molecular flexibility index (Phi) is 9.78. The van der Waals surface area contributed by atoms with Crippen molar-refractivity contribution in [1.29, 1.82) is 0 Å². The van der Waals surface area contributed by atoms with Crippen LogP contribution in [0.1, 0.15) is 49.8 Å². The van der Waals surface area contributed by atoms with Crippen molar-refractivity contribution in [3.05, 3.63) is 93.5 Å². The summed E-state index contributed by atoms with van der Waals surface area (Å²) in [5.41, 5.74) is 4.49. The zero-order chi connectivity index (χ0) is 29.6. The van der Waals surface area contributed by atoms with Crippen molar-refractivity contribution in [1.82, 2.24) is 16.0 Å². The standard InChI is InChI=1S/C31H33Cl2N3O5/c1-31(2,3)41-30(39)36-27(28(37)35-17-19-12-13-25(32)26(33)16-19)14-15-34-29(38)40-18-24-22-10-6-4-8-20(22)21-9-5-7-11-23(21)24/h4-13,16,24,27H,14-15,17-18H2,1-3H3,(H,34,38)(H,35,37)(H,36,39)/t27-/m1/s1. The Morgan fingerprint density at radius 1 is 0.854 bits per heavy atom. The fourth-order valence-electron chi connectivity index (χ4n) is 4.65. The fourth-order valence-corrected chi connectivity index (χ4v) is 4.97. The van der Waals surface area contributed by atoms with Crippen molar-refractivity contribution in [2.75, 3.05) is 13.2 Å². The Balaban J connectivity index is 1.32. The maximum Gasteiger partial charge on any atom is 0.408 e. The number of alkyl carbamates (subject to hydrolysis) is 2. The number of amides is 3. The second-order valence-electron chi connectivity index (χ2n) is 10.7. The summed E-state index contributed by atoms with van der Waals surface area (Å²) in [6.07, 6.45) is -1.25. The minimum Gasteiger partial charge on any atom is -0.449 e. The Morgan fingerprint density at radius 3 is 2.10 bits per heavy atom. The van der Waals surface area contributed by atoms with E-state index < -0.39 is 29.7 Å². The van der Waals surface area contributed by atoms with Crippen LogP contribution in [0.15, 0.2) is 66.7 Å². The smallest absolute Gasteiger partial charge is 0.408 e. The summed E-state index contributed by atoms with van der Waals surface area (Å²) in [5, 5.41) is 8.83. The van der Waals surface area contributed by atoms with E-state index in [9.17, 15) is 14.4 Å². The van der Waals surface area contributed by atoms with Crippen LogP contribution in [0.5, 0.6) is 0 Å². The summed E-state index contributed by atoms with van der Waals surface area (Å²) in [7, 11) is 0. The van der Waals surface area contributed by atoms with E-state index in [1.165, 1.54) is 0 Å². The van der Waals surface area contributed by atoms with E-state index in [0.717, 1.165) is 27.8 Å². The van der Waals surface area contributed by atoms with E-state index in [1.54, 1.807) is 39.0 Å². The van der Waals surface area contributed by atoms with E-state index in [-0.39, 0.29) is 32.0 Å². The molecular formula is C31H33Cl2N3O5. The minimum atomic E-state index is -0.971. The Morgan fingerprint density at radius 2 is 1.49 bits per heavy atom. The zero-order valence-corrected chi connectivity index (χ0v) is 24.6. The van der Waals surface area contributed by atoms with E-state index in [4.69, 9.17) is 32.7 Å². The minimum absolute atomic E-state index is 0.0677. The van der Waals surface area contributed by atoms with Gasteiger partial charge in [-0.05, 0) is 67.1 Å². The van der Waals surface area contributed by atoms with Gasteiger partial charge in [0, 0.05) is 19.0 Å². The van der Waals surface area contributed by atoms with Crippen LogP contribution in [0.2, 0.25) is 10.0 Å². The topological polar surface area (TPSA) is 106 Å². The summed E-state index contributed by atoms with van der Waals surface area (Å²) in [6, 6.07) is 20.2. The largest absolute Gasteiger partial charge is 0.449 e. The van der Waals surface area contributed by atoms with Gasteiger partial charge in [0.25, 0.3) is 0 Å². The highest BCUT2D eigenvalue weighted by molar-refractivity contribution is 6.42. The maximum absolute atomic E-state index is 13.0. The third-order valence-electron chi connectivity index (χ3n) is 6.50. The van der Waals surface area contributed by atoms with Gasteiger partial charge in [-0.1, -0.05) is 77.8 Å². The third kappa shape index (κ3) is 8.15. The molecule has 3 amide bonds. The zero-order valence-electron chi connectivity index (χ0n) is 23.1. The van der Waals surface area contributed by atoms with E-state index >= 15 is 0 Å². The molecule has 3 aromatic carbocycles. The van der Waals surface area contributed by atoms with Crippen LogP contribution in [0.25, 0.3) is 11.1 Å². The summed E-state index contributed by atoms with van der Waals surface area (Å²) in [4.78, 5) is 38.0. The van der Waals surface area contributed by atoms with Gasteiger partial charge < -0.3 is 25.4 Å². The Hall–Kier alpha value is -3.75. The van der Waals surface area contributed by atoms with Gasteiger partial charge in [0.15, 0.2) is 0 Å². The van der Waals surface area contributed by atoms with E-state index in [1.807, 2.05) is 36.4 Å². The molecule has 0 aromatic heterocycles. The molecule has 0 saturated carbocycles. The van der Waals surface area contributed by atoms with Gasteiger partial charge in [0.2, 0.25) is 5.91 Å². The monoisotopic (exact) mass is 597 g/mol. The van der Waals surface area contributed by atoms with Crippen LogP contribution < -0.4 is 16.0 Å². The van der Waals surface area contributed by atoms with Crippen molar-refractivity contribution in [2.45, 2.75) is 51.3 Å². The quantitative estimate of drug-likeness (QED) is 0.263. The molecule has 4 rings (SSSR count). The van der Waals surface area contributed by atoms with Gasteiger partial charge >= 0.3 is 12.2 Å². The second kappa shape index (κ2) is 13.3. The second-order valence-corrected chi connectivity index (χ2v) is 11.5. The predicted molar refractivity (Wildman–Crippen MR) is 159 cm³/mol. The molecule has 216 valence electrons. The van der Waals surface area contributed by atoms with Gasteiger partial charge in [-0.2, -0.15) is 0 Å². The number of halogens is 2. The molecule has 0 spiro atoms. The van der Waals surface area contributed by atoms with Crippen LogP contribution in [0.4, 0.5) is 9.59 Å². The van der Waals surface area contributed by atoms with Crippen molar-refractivity contribution < 1.29 is 23.9 Å². The number of benzene rings is 3. The van der Waals surface area contributed by atoms with Gasteiger partial charge in [-0.15, -0.1) is 0 Å². The fraction of sp³-hybridized carbons (Fsp3) is 0.323. The number of fused-ring (bicyclic) bond motifs is 3. The van der Waals surface area contributed by atoms with Gasteiger partial charge in [-0.3, -0.25) is 4.79 Å². The van der Waals surface area contributed by atoms with Gasteiger partial charge in [0.05, 0.1) is 10.0 Å². The molecule has 41 heavy (non-hydrogen) atoms. The highest BCUT2D eigenvalue weighted by atomic mass is 35.5. The molecule has 1 aliphatic rings. The molecule has 0 saturated heterocycles. The molecular weight excluding hydrogens is 565 g/mol. The Bertz CT molecular complexity index is 1380. The van der Waals surface area contributed by atoms with E-state index in [0.29, 0.717) is 10.0 Å². The first-order valence-corrected chi connectivity index (χ1v) is 14.1. The molecule has 1 atom stereocenters. The lowest BCUT2D eigenvalue weighted by Crippen LogP contribution is -2.49. The van der Waals surface area contributed by atoms with Crippen molar-refractivity contribution >= 4 is 41.3 Å². The summed E-state index contributed by atoms with van der Waals surface area (Å²) < 4.78 is 10.9. The first kappa shape index (κ1) is 30.2. The first-order valence-electron chi connectivity index (χ1n) is 13.3. The average molecular weight is 599 g/mol. The number of hydrogen-bond donors (Lipinski definition) is 3. The molecule has 3 N–H and O–H groups in total. The number of nitrogens with one attached hydrogen (secondary N) is 3. The molecule has 0 radical (unpaired) electrons. The highest BCUT2D eigenvalue weighted by Crippen LogP contribution is 2.44. The molecule has 0 fully saturated rings. The van der Waals surface area contributed by atoms with Crippen molar-refractivity contribution in [3.8, 4) is 11.1 Å².